The van der Waals surface area contributed by atoms with Gasteiger partial charge >= 0.3 is 0 Å². The van der Waals surface area contributed by atoms with E-state index in [1.165, 1.54) is 53.0 Å². The first-order valence-electron chi connectivity index (χ1n) is 39.0. The van der Waals surface area contributed by atoms with E-state index in [9.17, 15) is 24.0 Å². The molecular formula is C85H97Cl3N28O12. The Balaban J connectivity index is 0.000000189. The maximum atomic E-state index is 12.5. The van der Waals surface area contributed by atoms with Gasteiger partial charge in [0.05, 0.1) is 99.4 Å². The molecule has 0 unspecified atom stereocenters. The zero-order valence-electron chi connectivity index (χ0n) is 72.6. The Morgan fingerprint density at radius 1 is 0.500 bits per heavy atom. The fraction of sp³-hybridized carbons (Fsp3) is 0.282. The van der Waals surface area contributed by atoms with E-state index in [0.29, 0.717) is 152 Å². The number of amides is 3. The van der Waals surface area contributed by atoms with Crippen LogP contribution in [0.3, 0.4) is 0 Å². The van der Waals surface area contributed by atoms with E-state index in [1.807, 2.05) is 67.7 Å². The van der Waals surface area contributed by atoms with Crippen LogP contribution in [0.4, 0.5) is 34.8 Å². The van der Waals surface area contributed by atoms with Crippen LogP contribution in [-0.4, -0.2) is 186 Å². The second-order valence-corrected chi connectivity index (χ2v) is 28.2. The van der Waals surface area contributed by atoms with Crippen molar-refractivity contribution in [2.45, 2.75) is 65.5 Å². The van der Waals surface area contributed by atoms with E-state index in [4.69, 9.17) is 90.5 Å². The third-order valence-corrected chi connectivity index (χ3v) is 18.6. The van der Waals surface area contributed by atoms with E-state index in [1.54, 1.807) is 163 Å². The fourth-order valence-corrected chi connectivity index (χ4v) is 11.7. The van der Waals surface area contributed by atoms with Crippen LogP contribution in [0.15, 0.2) is 160 Å². The number of carbonyl (C=O) groups excluding carboxylic acids is 5. The SMILES string of the molecule is CCC(=O)c1cnc(NC(=O)C2CC2)cc1Cl.CCC(=O)c1cnc(NC(=O)C2CC2)cc1Nc1nccc(-c2ncn(C)n2)c1OC.CN(N)C=O.COc1c(-c2ncn(C)n2)ccnc1Cl.COc1c(-c2ncn(C)n2)ccnc1N.COc1c(C#N)ccnc1Cl.COc1ccc(CN)cc1.COc1ccc(CNc2nccc(-c3ncn(C)n3)c2OC)cc1. The third kappa shape index (κ3) is 28.8. The second-order valence-electron chi connectivity index (χ2n) is 27.1. The quantitative estimate of drug-likeness (QED) is 0.00661. The molecule has 0 spiro atoms. The number of aromatic nitrogens is 19. The van der Waals surface area contributed by atoms with Crippen LogP contribution in [0.1, 0.15) is 89.8 Å². The Labute approximate surface area is 752 Å². The van der Waals surface area contributed by atoms with Crippen LogP contribution in [0.5, 0.6) is 40.2 Å². The summed E-state index contributed by atoms with van der Waals surface area (Å²) in [6.07, 6.45) is 22.2. The van der Waals surface area contributed by atoms with E-state index >= 15 is 0 Å². The van der Waals surface area contributed by atoms with E-state index in [0.717, 1.165) is 70.0 Å². The van der Waals surface area contributed by atoms with Crippen molar-refractivity contribution in [2.75, 3.05) is 83.8 Å². The van der Waals surface area contributed by atoms with Crippen LogP contribution < -0.4 is 71.7 Å². The molecule has 3 amide bonds. The van der Waals surface area contributed by atoms with Gasteiger partial charge in [-0.15, -0.1) is 0 Å². The molecule has 0 atom stereocenters. The van der Waals surface area contributed by atoms with Crippen LogP contribution in [0, 0.1) is 23.2 Å². The standard InChI is InChI=1S/C21H23N7O3.C17H19N5O2.C12H13ClN2O2.C9H9ClN4O.C9H11N5O.C8H11NO.C7H5ClN2O.C2H6N2O/c1-4-16(29)14-10-23-17(26-21(30)12-5-6-12)9-15(14)25-20-18(31-3)13(7-8-22-20)19-24-11-28(2)27-19;1-22-11-20-16(21-22)14-8-9-18-17(15(14)24-3)19-10-12-4-6-13(23-2)7-5-12;1-2-10(16)8-6-14-11(5-9(8)13)15-12(17)7-3-4-7;2*1-14-5-12-9(13-14)6-3-4-11-8(10)7(6)15-2;1-10-8-4-2-7(6-9)3-5-8;1-11-6-5(4-9)2-3-10-7(6)8;1-4(3)2-5/h7-12H,4-6H2,1-3H3,(H2,22,23,25,26,30);4-9,11H,10H2,1-3H3,(H,18,19);5-7H,2-4H2,1H3,(H,14,15,17);3-5H,1-2H3;3-5H,1-2H3,(H2,10,11);2-5H,6,9H2,1H3;2-3H,1H3;2H,3H2,1H3. The Hall–Kier alpha value is -14.9. The smallest absolute Gasteiger partial charge is 0.228 e. The summed E-state index contributed by atoms with van der Waals surface area (Å²) < 4.78 is 42.9. The highest BCUT2D eigenvalue weighted by Crippen LogP contribution is 2.39. The number of aryl methyl sites for hydroxylation is 4. The summed E-state index contributed by atoms with van der Waals surface area (Å²) >= 11 is 17.5. The Bertz CT molecular complexity index is 5770. The molecule has 15 rings (SSSR count). The topological polar surface area (TPSA) is 516 Å². The summed E-state index contributed by atoms with van der Waals surface area (Å²) in [6, 6.07) is 29.3. The Kier molecular flexibility index (Phi) is 38.1. The van der Waals surface area contributed by atoms with E-state index in [-0.39, 0.29) is 40.4 Å². The van der Waals surface area contributed by atoms with Gasteiger partial charge in [0.1, 0.15) is 54.5 Å². The fourth-order valence-electron chi connectivity index (χ4n) is 11.0. The number of nitrogen functional groups attached to an aromatic ring is 1. The first-order valence-corrected chi connectivity index (χ1v) is 40.1. The molecule has 2 fully saturated rings. The normalized spacial score (nSPS) is 11.2. The number of nitrogens with zero attached hydrogens (tertiary/aromatic N) is 21. The number of rotatable bonds is 26. The van der Waals surface area contributed by atoms with E-state index < -0.39 is 0 Å². The minimum atomic E-state index is -0.0865. The van der Waals surface area contributed by atoms with Gasteiger partial charge in [0.15, 0.2) is 91.4 Å². The third-order valence-electron chi connectivity index (χ3n) is 17.8. The lowest BCUT2D eigenvalue weighted by atomic mass is 10.1. The van der Waals surface area contributed by atoms with Gasteiger partial charge in [-0.1, -0.05) is 72.9 Å². The highest BCUT2D eigenvalue weighted by Gasteiger charge is 2.32. The van der Waals surface area contributed by atoms with Gasteiger partial charge < -0.3 is 65.9 Å². The molecular weight excluding hydrogens is 1710 g/mol. The van der Waals surface area contributed by atoms with E-state index in [2.05, 4.69) is 96.5 Å². The first-order chi connectivity index (χ1) is 61.7. The van der Waals surface area contributed by atoms with Crippen LogP contribution in [0.25, 0.3) is 45.6 Å². The van der Waals surface area contributed by atoms with Crippen molar-refractivity contribution in [3.63, 3.8) is 0 Å². The van der Waals surface area contributed by atoms with Crippen LogP contribution in [0.2, 0.25) is 15.3 Å². The molecule has 0 radical (unpaired) electrons. The van der Waals surface area contributed by atoms with Gasteiger partial charge in [-0.3, -0.25) is 47.7 Å². The number of pyridine rings is 7. The van der Waals surface area contributed by atoms with Gasteiger partial charge in [0.2, 0.25) is 18.2 Å². The number of anilines is 6. The maximum absolute atomic E-state index is 12.5. The van der Waals surface area contributed by atoms with Gasteiger partial charge in [-0.05, 0) is 91.4 Å². The number of methoxy groups -OCH3 is 7. The molecule has 0 bridgehead atoms. The Morgan fingerprint density at radius 3 is 1.27 bits per heavy atom. The van der Waals surface area contributed by atoms with Gasteiger partial charge in [0, 0.05) is 129 Å². The zero-order valence-corrected chi connectivity index (χ0v) is 74.8. The van der Waals surface area contributed by atoms with Crippen molar-refractivity contribution in [3.8, 4) is 91.9 Å². The lowest BCUT2D eigenvalue weighted by Gasteiger charge is -2.15. The monoisotopic (exact) mass is 1810 g/mol. The largest absolute Gasteiger partial charge is 0.497 e. The number of nitriles is 1. The first kappa shape index (κ1) is 98.5. The highest BCUT2D eigenvalue weighted by molar-refractivity contribution is 6.34. The predicted molar refractivity (Wildman–Crippen MR) is 481 cm³/mol. The number of benzene rings is 2. The average Bonchev–Trinajstić information content (AvgIpc) is 1.35. The zero-order chi connectivity index (χ0) is 92.9. The lowest BCUT2D eigenvalue weighted by Crippen LogP contribution is -2.23. The minimum absolute atomic E-state index is 0.0249. The molecule has 43 heteroatoms. The van der Waals surface area contributed by atoms with Gasteiger partial charge in [0.25, 0.3) is 0 Å². The molecule has 10 N–H and O–H groups in total. The highest BCUT2D eigenvalue weighted by atomic mass is 35.5. The van der Waals surface area contributed by atoms with Crippen molar-refractivity contribution < 1.29 is 57.1 Å². The minimum Gasteiger partial charge on any atom is -0.497 e. The average molecular weight is 1810 g/mol. The summed E-state index contributed by atoms with van der Waals surface area (Å²) in [5.74, 6) is 13.2. The summed E-state index contributed by atoms with van der Waals surface area (Å²) in [5, 5.41) is 39.3. The molecule has 40 nitrogen and oxygen atoms in total. The number of ketones is 2. The van der Waals surface area contributed by atoms with Crippen molar-refractivity contribution in [1.82, 2.24) is 99.0 Å². The van der Waals surface area contributed by atoms with Crippen molar-refractivity contribution >= 4 is 99.4 Å². The second kappa shape index (κ2) is 49.5. The number of nitrogens with two attached hydrogens (primary N) is 3. The lowest BCUT2D eigenvalue weighted by molar-refractivity contribution is -0.118. The Morgan fingerprint density at radius 2 is 0.883 bits per heavy atom. The number of Topliss-reactive ketones (excluding diaryl/α,β-unsaturated/α-hetero) is 2. The molecule has 0 saturated heterocycles. The number of hydrazine groups is 1. The summed E-state index contributed by atoms with van der Waals surface area (Å²) in [4.78, 5) is 102. The molecule has 670 valence electrons. The molecule has 11 aromatic heterocycles. The number of halogens is 3. The number of hydrogen-bond acceptors (Lipinski definition) is 33. The molecule has 11 heterocycles. The molecule has 2 aliphatic carbocycles. The van der Waals surface area contributed by atoms with Crippen LogP contribution in [-0.2, 0) is 55.7 Å². The summed E-state index contributed by atoms with van der Waals surface area (Å²) in [5.41, 5.74) is 17.9. The molecule has 2 saturated carbocycles. The van der Waals surface area contributed by atoms with Gasteiger partial charge in [-0.25, -0.2) is 60.7 Å². The number of nitrogens with one attached hydrogen (secondary N) is 4. The number of ether oxygens (including phenoxy) is 7. The number of hydrogen-bond donors (Lipinski definition) is 7. The molecule has 13 aromatic rings. The van der Waals surface area contributed by atoms with Crippen LogP contribution >= 0.6 is 34.8 Å². The van der Waals surface area contributed by atoms with Gasteiger partial charge in [-0.2, -0.15) is 25.7 Å². The predicted octanol–water partition coefficient (Wildman–Crippen LogP) is 11.9. The molecule has 2 aromatic carbocycles. The molecule has 2 aliphatic rings. The van der Waals surface area contributed by atoms with Crippen molar-refractivity contribution in [1.29, 1.82) is 5.26 Å². The van der Waals surface area contributed by atoms with Crippen molar-refractivity contribution in [2.24, 2.45) is 51.6 Å². The maximum Gasteiger partial charge on any atom is 0.228 e. The molecule has 128 heavy (non-hydrogen) atoms. The number of carbonyl (C=O) groups is 5. The van der Waals surface area contributed by atoms with Crippen molar-refractivity contribution in [3.05, 3.63) is 203 Å². The molecule has 0 aliphatic heterocycles. The summed E-state index contributed by atoms with van der Waals surface area (Å²) in [6.45, 7) is 4.75. The summed E-state index contributed by atoms with van der Waals surface area (Å²) in [7, 11) is 19.6.